The van der Waals surface area contributed by atoms with Crippen molar-refractivity contribution in [2.75, 3.05) is 22.5 Å². The van der Waals surface area contributed by atoms with Crippen molar-refractivity contribution in [3.05, 3.63) is 54.1 Å². The molecule has 6 nitrogen and oxygen atoms in total. The Bertz CT molecular complexity index is 737. The van der Waals surface area contributed by atoms with Gasteiger partial charge in [0.2, 0.25) is 11.8 Å². The Labute approximate surface area is 140 Å². The molecule has 2 rings (SSSR count). The second-order valence-electron chi connectivity index (χ2n) is 5.29. The molecule has 0 aromatic heterocycles. The van der Waals surface area contributed by atoms with Crippen LogP contribution in [0.3, 0.4) is 0 Å². The van der Waals surface area contributed by atoms with Gasteiger partial charge in [-0.1, -0.05) is 0 Å². The first-order chi connectivity index (χ1) is 11.4. The van der Waals surface area contributed by atoms with Crippen molar-refractivity contribution >= 4 is 34.7 Å². The molecule has 2 amide bonds. The normalized spacial score (nSPS) is 9.92. The molecule has 0 radical (unpaired) electrons. The number of rotatable bonds is 6. The third-order valence-electron chi connectivity index (χ3n) is 3.23. The molecule has 0 aliphatic rings. The smallest absolute Gasteiger partial charge is 0.243 e. The fraction of sp³-hybridized carbons (Fsp3) is 0.167. The molecule has 0 spiro atoms. The summed E-state index contributed by atoms with van der Waals surface area (Å²) >= 11 is 0. The molecule has 0 bridgehead atoms. The van der Waals surface area contributed by atoms with E-state index in [4.69, 9.17) is 0 Å². The van der Waals surface area contributed by atoms with Crippen LogP contribution in [0, 0.1) is 0 Å². The summed E-state index contributed by atoms with van der Waals surface area (Å²) in [5, 5.41) is 8.41. The highest BCUT2D eigenvalue weighted by atomic mass is 16.2. The number of benzene rings is 2. The lowest BCUT2D eigenvalue weighted by molar-refractivity contribution is -0.115. The average Bonchev–Trinajstić information content (AvgIpc) is 2.54. The molecule has 6 heteroatoms. The minimum absolute atomic E-state index is 0.0164. The first kappa shape index (κ1) is 17.2. The van der Waals surface area contributed by atoms with Crippen LogP contribution in [-0.2, 0) is 9.59 Å². The van der Waals surface area contributed by atoms with E-state index in [1.165, 1.54) is 13.8 Å². The highest BCUT2D eigenvalue weighted by molar-refractivity contribution is 5.96. The first-order valence-electron chi connectivity index (χ1n) is 7.46. The van der Waals surface area contributed by atoms with Gasteiger partial charge in [0.05, 0.1) is 6.54 Å². The predicted octanol–water partition coefficient (Wildman–Crippen LogP) is 2.90. The van der Waals surface area contributed by atoms with Gasteiger partial charge in [0.25, 0.3) is 0 Å². The summed E-state index contributed by atoms with van der Waals surface area (Å²) in [6, 6.07) is 13.8. The Hall–Kier alpha value is -3.15. The molecular weight excluding hydrogens is 306 g/mol. The van der Waals surface area contributed by atoms with E-state index < -0.39 is 0 Å². The summed E-state index contributed by atoms with van der Waals surface area (Å²) in [5.74, 6) is -0.348. The number of anilines is 3. The molecular formula is C18H19N3O3. The Balaban J connectivity index is 1.84. The lowest BCUT2D eigenvalue weighted by Crippen LogP contribution is -2.21. The minimum Gasteiger partial charge on any atom is -0.376 e. The Kier molecular flexibility index (Phi) is 5.68. The van der Waals surface area contributed by atoms with E-state index in [9.17, 15) is 14.4 Å². The molecule has 124 valence electrons. The predicted molar refractivity (Wildman–Crippen MR) is 94.3 cm³/mol. The SMILES string of the molecule is CC(=O)Nc1ccc(NCC(=O)Nc2ccc(C(C)=O)cc2)cc1. The van der Waals surface area contributed by atoms with Crippen LogP contribution in [0.1, 0.15) is 24.2 Å². The van der Waals surface area contributed by atoms with Crippen LogP contribution in [0.4, 0.5) is 17.1 Å². The summed E-state index contributed by atoms with van der Waals surface area (Å²) in [7, 11) is 0. The molecule has 2 aromatic rings. The Morgan fingerprint density at radius 1 is 0.750 bits per heavy atom. The van der Waals surface area contributed by atoms with Gasteiger partial charge in [0.1, 0.15) is 0 Å². The van der Waals surface area contributed by atoms with Crippen molar-refractivity contribution < 1.29 is 14.4 Å². The van der Waals surface area contributed by atoms with E-state index in [1.54, 1.807) is 48.5 Å². The zero-order valence-corrected chi connectivity index (χ0v) is 13.6. The van der Waals surface area contributed by atoms with Gasteiger partial charge in [-0.05, 0) is 55.5 Å². The maximum Gasteiger partial charge on any atom is 0.243 e. The molecule has 3 N–H and O–H groups in total. The minimum atomic E-state index is -0.198. The van der Waals surface area contributed by atoms with E-state index in [0.29, 0.717) is 16.9 Å². The number of carbonyl (C=O) groups excluding carboxylic acids is 3. The van der Waals surface area contributed by atoms with Gasteiger partial charge in [-0.3, -0.25) is 14.4 Å². The monoisotopic (exact) mass is 325 g/mol. The van der Waals surface area contributed by atoms with Crippen LogP contribution in [-0.4, -0.2) is 24.1 Å². The summed E-state index contributed by atoms with van der Waals surface area (Å²) < 4.78 is 0. The number of carbonyl (C=O) groups is 3. The van der Waals surface area contributed by atoms with Crippen LogP contribution in [0.2, 0.25) is 0 Å². The van der Waals surface area contributed by atoms with Crippen molar-refractivity contribution in [2.45, 2.75) is 13.8 Å². The van der Waals surface area contributed by atoms with Crippen LogP contribution in [0.15, 0.2) is 48.5 Å². The zero-order chi connectivity index (χ0) is 17.5. The third kappa shape index (κ3) is 5.24. The number of ketones is 1. The summed E-state index contributed by atoms with van der Waals surface area (Å²) in [4.78, 5) is 34.1. The quantitative estimate of drug-likeness (QED) is 0.713. The van der Waals surface area contributed by atoms with E-state index in [0.717, 1.165) is 5.69 Å². The van der Waals surface area contributed by atoms with Gasteiger partial charge in [-0.2, -0.15) is 0 Å². The van der Waals surface area contributed by atoms with Gasteiger partial charge in [-0.25, -0.2) is 0 Å². The largest absolute Gasteiger partial charge is 0.376 e. The number of Topliss-reactive ketones (excluding diaryl/α,β-unsaturated/α-hetero) is 1. The molecule has 0 aliphatic heterocycles. The molecule has 0 saturated heterocycles. The zero-order valence-electron chi connectivity index (χ0n) is 13.6. The lowest BCUT2D eigenvalue weighted by Gasteiger charge is -2.09. The number of nitrogens with one attached hydrogen (secondary N) is 3. The Morgan fingerprint density at radius 3 is 1.79 bits per heavy atom. The van der Waals surface area contributed by atoms with Gasteiger partial charge in [-0.15, -0.1) is 0 Å². The molecule has 2 aromatic carbocycles. The van der Waals surface area contributed by atoms with Crippen LogP contribution < -0.4 is 16.0 Å². The first-order valence-corrected chi connectivity index (χ1v) is 7.46. The molecule has 24 heavy (non-hydrogen) atoms. The van der Waals surface area contributed by atoms with Crippen molar-refractivity contribution in [1.82, 2.24) is 0 Å². The number of hydrogen-bond acceptors (Lipinski definition) is 4. The number of amides is 2. The van der Waals surface area contributed by atoms with Crippen molar-refractivity contribution in [1.29, 1.82) is 0 Å². The highest BCUT2D eigenvalue weighted by Gasteiger charge is 2.04. The molecule has 0 aliphatic carbocycles. The van der Waals surface area contributed by atoms with Crippen molar-refractivity contribution in [3.8, 4) is 0 Å². The van der Waals surface area contributed by atoms with Crippen molar-refractivity contribution in [3.63, 3.8) is 0 Å². The fourth-order valence-electron chi connectivity index (χ4n) is 2.05. The van der Waals surface area contributed by atoms with Gasteiger partial charge < -0.3 is 16.0 Å². The molecule has 0 saturated carbocycles. The van der Waals surface area contributed by atoms with E-state index >= 15 is 0 Å². The van der Waals surface area contributed by atoms with Gasteiger partial charge in [0.15, 0.2) is 5.78 Å². The van der Waals surface area contributed by atoms with Gasteiger partial charge >= 0.3 is 0 Å². The maximum atomic E-state index is 11.9. The third-order valence-corrected chi connectivity index (χ3v) is 3.23. The standard InChI is InChI=1S/C18H19N3O3/c1-12(22)14-3-5-17(6-4-14)21-18(24)11-19-15-7-9-16(10-8-15)20-13(2)23/h3-10,19H,11H2,1-2H3,(H,20,23)(H,21,24). The summed E-state index contributed by atoms with van der Waals surface area (Å²) in [5.41, 5.74) is 2.70. The topological polar surface area (TPSA) is 87.3 Å². The van der Waals surface area contributed by atoms with Crippen molar-refractivity contribution in [2.24, 2.45) is 0 Å². The second kappa shape index (κ2) is 7.92. The van der Waals surface area contributed by atoms with Gasteiger partial charge in [0, 0.05) is 29.5 Å². The van der Waals surface area contributed by atoms with Crippen LogP contribution in [0.5, 0.6) is 0 Å². The molecule has 0 heterocycles. The van der Waals surface area contributed by atoms with E-state index in [2.05, 4.69) is 16.0 Å². The van der Waals surface area contributed by atoms with E-state index in [-0.39, 0.29) is 24.1 Å². The second-order valence-corrected chi connectivity index (χ2v) is 5.29. The highest BCUT2D eigenvalue weighted by Crippen LogP contribution is 2.14. The maximum absolute atomic E-state index is 11.9. The molecule has 0 unspecified atom stereocenters. The molecule has 0 atom stereocenters. The average molecular weight is 325 g/mol. The molecule has 0 fully saturated rings. The van der Waals surface area contributed by atoms with Crippen LogP contribution in [0.25, 0.3) is 0 Å². The Morgan fingerprint density at radius 2 is 1.25 bits per heavy atom. The fourth-order valence-corrected chi connectivity index (χ4v) is 2.05. The number of hydrogen-bond donors (Lipinski definition) is 3. The van der Waals surface area contributed by atoms with Crippen LogP contribution >= 0.6 is 0 Å². The van der Waals surface area contributed by atoms with E-state index in [1.807, 2.05) is 0 Å². The summed E-state index contributed by atoms with van der Waals surface area (Å²) in [6.07, 6.45) is 0. The summed E-state index contributed by atoms with van der Waals surface area (Å²) in [6.45, 7) is 3.04. The lowest BCUT2D eigenvalue weighted by atomic mass is 10.1.